The first kappa shape index (κ1) is 14.2. The number of hydrogen-bond acceptors (Lipinski definition) is 4. The first-order valence-corrected chi connectivity index (χ1v) is 8.11. The molecular formula is C18H20N4O. The van der Waals surface area contributed by atoms with Gasteiger partial charge in [-0.3, -0.25) is 0 Å². The van der Waals surface area contributed by atoms with E-state index in [4.69, 9.17) is 9.72 Å². The summed E-state index contributed by atoms with van der Waals surface area (Å²) in [6, 6.07) is 10.1. The number of hydrogen-bond donors (Lipinski definition) is 1. The van der Waals surface area contributed by atoms with Crippen molar-refractivity contribution in [3.63, 3.8) is 0 Å². The van der Waals surface area contributed by atoms with Crippen LogP contribution in [0.4, 0.5) is 0 Å². The van der Waals surface area contributed by atoms with Gasteiger partial charge in [-0.25, -0.2) is 9.97 Å². The van der Waals surface area contributed by atoms with Crippen LogP contribution in [0.3, 0.4) is 0 Å². The highest BCUT2D eigenvalue weighted by Gasteiger charge is 2.16. The van der Waals surface area contributed by atoms with E-state index in [2.05, 4.69) is 16.4 Å². The average molecular weight is 308 g/mol. The Balaban J connectivity index is 1.49. The monoisotopic (exact) mass is 308 g/mol. The molecular weight excluding hydrogens is 288 g/mol. The second-order valence-electron chi connectivity index (χ2n) is 5.91. The molecule has 0 spiro atoms. The molecule has 1 fully saturated rings. The molecule has 1 aliphatic heterocycles. The van der Waals surface area contributed by atoms with Gasteiger partial charge in [0.05, 0.1) is 0 Å². The molecule has 0 saturated carbocycles. The van der Waals surface area contributed by atoms with E-state index in [0.29, 0.717) is 18.4 Å². The normalized spacial score (nSPS) is 15.8. The fourth-order valence-corrected chi connectivity index (χ4v) is 3.13. The lowest BCUT2D eigenvalue weighted by atomic mass is 9.94. The number of aromatic nitrogens is 3. The summed E-state index contributed by atoms with van der Waals surface area (Å²) in [5.41, 5.74) is 3.14. The SMILES string of the molecule is c1cc(OCc2cccn3ccnc23)nc(C2CCNCC2)c1. The highest BCUT2D eigenvalue weighted by molar-refractivity contribution is 5.47. The van der Waals surface area contributed by atoms with Crippen LogP contribution >= 0.6 is 0 Å². The van der Waals surface area contributed by atoms with Crippen LogP contribution in [-0.4, -0.2) is 27.5 Å². The summed E-state index contributed by atoms with van der Waals surface area (Å²) in [4.78, 5) is 9.08. The van der Waals surface area contributed by atoms with Gasteiger partial charge in [-0.2, -0.15) is 0 Å². The number of nitrogens with zero attached hydrogens (tertiary/aromatic N) is 3. The summed E-state index contributed by atoms with van der Waals surface area (Å²) in [7, 11) is 0. The lowest BCUT2D eigenvalue weighted by Gasteiger charge is -2.22. The molecule has 5 nitrogen and oxygen atoms in total. The highest BCUT2D eigenvalue weighted by Crippen LogP contribution is 2.25. The Kier molecular flexibility index (Phi) is 3.94. The third kappa shape index (κ3) is 3.05. The van der Waals surface area contributed by atoms with Crippen LogP contribution in [0.15, 0.2) is 48.9 Å². The van der Waals surface area contributed by atoms with Gasteiger partial charge in [0, 0.05) is 41.8 Å². The van der Waals surface area contributed by atoms with E-state index in [1.165, 1.54) is 0 Å². The molecule has 118 valence electrons. The smallest absolute Gasteiger partial charge is 0.213 e. The fourth-order valence-electron chi connectivity index (χ4n) is 3.13. The van der Waals surface area contributed by atoms with Crippen molar-refractivity contribution in [2.75, 3.05) is 13.1 Å². The molecule has 0 aliphatic carbocycles. The Morgan fingerprint density at radius 2 is 2.04 bits per heavy atom. The Morgan fingerprint density at radius 1 is 1.13 bits per heavy atom. The highest BCUT2D eigenvalue weighted by atomic mass is 16.5. The molecule has 1 saturated heterocycles. The maximum absolute atomic E-state index is 5.92. The minimum Gasteiger partial charge on any atom is -0.473 e. The largest absolute Gasteiger partial charge is 0.473 e. The number of imidazole rings is 1. The maximum atomic E-state index is 5.92. The standard InChI is InChI=1S/C18H20N4O/c1-4-16(14-6-8-19-9-7-14)21-17(5-1)23-13-15-3-2-11-22-12-10-20-18(15)22/h1-5,10-12,14,19H,6-9,13H2. The maximum Gasteiger partial charge on any atom is 0.213 e. The predicted octanol–water partition coefficient (Wildman–Crippen LogP) is 2.78. The van der Waals surface area contributed by atoms with Crippen LogP contribution < -0.4 is 10.1 Å². The number of nitrogens with one attached hydrogen (secondary N) is 1. The van der Waals surface area contributed by atoms with Gasteiger partial charge in [0.25, 0.3) is 0 Å². The summed E-state index contributed by atoms with van der Waals surface area (Å²) < 4.78 is 7.92. The first-order chi connectivity index (χ1) is 11.4. The van der Waals surface area contributed by atoms with Crippen molar-refractivity contribution >= 4 is 5.65 Å². The van der Waals surface area contributed by atoms with Gasteiger partial charge in [0.1, 0.15) is 12.3 Å². The van der Waals surface area contributed by atoms with E-state index < -0.39 is 0 Å². The van der Waals surface area contributed by atoms with E-state index in [0.717, 1.165) is 42.8 Å². The van der Waals surface area contributed by atoms with Crippen LogP contribution in [0.25, 0.3) is 5.65 Å². The number of piperidine rings is 1. The molecule has 0 unspecified atom stereocenters. The molecule has 4 rings (SSSR count). The quantitative estimate of drug-likeness (QED) is 0.805. The summed E-state index contributed by atoms with van der Waals surface area (Å²) in [6.07, 6.45) is 8.01. The fraction of sp³-hybridized carbons (Fsp3) is 0.333. The number of fused-ring (bicyclic) bond motifs is 1. The van der Waals surface area contributed by atoms with Crippen molar-refractivity contribution in [3.05, 3.63) is 60.2 Å². The van der Waals surface area contributed by atoms with Crippen LogP contribution in [0.1, 0.15) is 30.0 Å². The summed E-state index contributed by atoms with van der Waals surface area (Å²) >= 11 is 0. The second kappa shape index (κ2) is 6.38. The Labute approximate surface area is 135 Å². The summed E-state index contributed by atoms with van der Waals surface area (Å²) in [5.74, 6) is 1.23. The first-order valence-electron chi connectivity index (χ1n) is 8.11. The Morgan fingerprint density at radius 3 is 2.96 bits per heavy atom. The van der Waals surface area contributed by atoms with Gasteiger partial charge in [-0.15, -0.1) is 0 Å². The molecule has 1 N–H and O–H groups in total. The van der Waals surface area contributed by atoms with Crippen molar-refractivity contribution in [1.82, 2.24) is 19.7 Å². The number of rotatable bonds is 4. The van der Waals surface area contributed by atoms with Crippen LogP contribution in [0.5, 0.6) is 5.88 Å². The van der Waals surface area contributed by atoms with Crippen molar-refractivity contribution in [3.8, 4) is 5.88 Å². The molecule has 0 bridgehead atoms. The van der Waals surface area contributed by atoms with Crippen molar-refractivity contribution < 1.29 is 4.74 Å². The topological polar surface area (TPSA) is 51.5 Å². The van der Waals surface area contributed by atoms with E-state index in [1.54, 1.807) is 6.20 Å². The molecule has 5 heteroatoms. The van der Waals surface area contributed by atoms with Gasteiger partial charge >= 0.3 is 0 Å². The molecule has 0 atom stereocenters. The zero-order valence-electron chi connectivity index (χ0n) is 13.0. The minimum absolute atomic E-state index is 0.476. The number of ether oxygens (including phenoxy) is 1. The second-order valence-corrected chi connectivity index (χ2v) is 5.91. The average Bonchev–Trinajstić information content (AvgIpc) is 3.10. The van der Waals surface area contributed by atoms with E-state index >= 15 is 0 Å². The van der Waals surface area contributed by atoms with Crippen molar-refractivity contribution in [2.24, 2.45) is 0 Å². The minimum atomic E-state index is 0.476. The van der Waals surface area contributed by atoms with Crippen LogP contribution in [0.2, 0.25) is 0 Å². The molecule has 0 amide bonds. The zero-order chi connectivity index (χ0) is 15.5. The van der Waals surface area contributed by atoms with Crippen molar-refractivity contribution in [2.45, 2.75) is 25.4 Å². The molecule has 3 aromatic rings. The zero-order valence-corrected chi connectivity index (χ0v) is 13.0. The molecule has 4 heterocycles. The van der Waals surface area contributed by atoms with Gasteiger partial charge in [0.15, 0.2) is 0 Å². The lowest BCUT2D eigenvalue weighted by molar-refractivity contribution is 0.292. The van der Waals surface area contributed by atoms with Gasteiger partial charge < -0.3 is 14.5 Å². The predicted molar refractivity (Wildman–Crippen MR) is 88.6 cm³/mol. The molecule has 23 heavy (non-hydrogen) atoms. The Hall–Kier alpha value is -2.40. The van der Waals surface area contributed by atoms with E-state index in [1.807, 2.05) is 41.1 Å². The van der Waals surface area contributed by atoms with E-state index in [9.17, 15) is 0 Å². The molecule has 1 aliphatic rings. The Bertz CT molecular complexity index is 792. The summed E-state index contributed by atoms with van der Waals surface area (Å²) in [5, 5.41) is 3.39. The molecule has 0 aromatic carbocycles. The lowest BCUT2D eigenvalue weighted by Crippen LogP contribution is -2.27. The molecule has 3 aromatic heterocycles. The van der Waals surface area contributed by atoms with Gasteiger partial charge in [-0.1, -0.05) is 12.1 Å². The van der Waals surface area contributed by atoms with Crippen LogP contribution in [-0.2, 0) is 6.61 Å². The van der Waals surface area contributed by atoms with Gasteiger partial charge in [0.2, 0.25) is 5.88 Å². The van der Waals surface area contributed by atoms with Crippen LogP contribution in [0, 0.1) is 0 Å². The third-order valence-corrected chi connectivity index (χ3v) is 4.38. The number of pyridine rings is 2. The third-order valence-electron chi connectivity index (χ3n) is 4.38. The summed E-state index contributed by atoms with van der Waals surface area (Å²) in [6.45, 7) is 2.61. The molecule has 0 radical (unpaired) electrons. The van der Waals surface area contributed by atoms with Crippen molar-refractivity contribution in [1.29, 1.82) is 0 Å². The van der Waals surface area contributed by atoms with Gasteiger partial charge in [-0.05, 0) is 38.1 Å². The van der Waals surface area contributed by atoms with E-state index in [-0.39, 0.29) is 0 Å².